The van der Waals surface area contributed by atoms with Crippen molar-refractivity contribution in [2.45, 2.75) is 138 Å². The number of aliphatic hydroxyl groups excluding tert-OH is 4. The van der Waals surface area contributed by atoms with Gasteiger partial charge >= 0.3 is 5.97 Å². The molecule has 0 bridgehead atoms. The van der Waals surface area contributed by atoms with Crippen molar-refractivity contribution in [1.29, 1.82) is 0 Å². The van der Waals surface area contributed by atoms with E-state index in [1.165, 1.54) is 0 Å². The van der Waals surface area contributed by atoms with E-state index in [0.717, 1.165) is 6.92 Å². The first kappa shape index (κ1) is 61.0. The molecule has 0 radical (unpaired) electrons. The molecule has 0 saturated carbocycles. The molecule has 0 aliphatic carbocycles. The smallest absolute Gasteiger partial charge is 0.303 e. The number of hydrazine groups is 2. The van der Waals surface area contributed by atoms with Crippen molar-refractivity contribution in [3.05, 3.63) is 35.9 Å². The highest BCUT2D eigenvalue weighted by molar-refractivity contribution is 6.42. The molecule has 1 heterocycles. The van der Waals surface area contributed by atoms with Gasteiger partial charge in [0.1, 0.15) is 30.2 Å². The van der Waals surface area contributed by atoms with Crippen LogP contribution in [0.5, 0.6) is 0 Å². The van der Waals surface area contributed by atoms with Crippen LogP contribution < -0.4 is 59.8 Å². The Labute approximate surface area is 409 Å². The summed E-state index contributed by atoms with van der Waals surface area (Å²) >= 11 is 0. The lowest BCUT2D eigenvalue weighted by Crippen LogP contribution is -2.63. The van der Waals surface area contributed by atoms with Gasteiger partial charge in [-0.2, -0.15) is 0 Å². The maximum Gasteiger partial charge on any atom is 0.303 e. The third-order valence-electron chi connectivity index (χ3n) is 11.1. The highest BCUT2D eigenvalue weighted by atomic mass is 16.4. The summed E-state index contributed by atoms with van der Waals surface area (Å²) in [5.74, 6) is -12.3. The van der Waals surface area contributed by atoms with Crippen molar-refractivity contribution in [1.82, 2.24) is 48.3 Å². The second kappa shape index (κ2) is 32.7. The lowest BCUT2D eigenvalue weighted by molar-refractivity contribution is -0.143. The van der Waals surface area contributed by atoms with E-state index in [9.17, 15) is 78.3 Å². The lowest BCUT2D eigenvalue weighted by Gasteiger charge is -2.28. The number of carboxylic acid groups (broad SMARTS) is 1. The van der Waals surface area contributed by atoms with Crippen LogP contribution in [-0.2, 0) is 59.2 Å². The number of hydrogen-bond acceptors (Lipinski definition) is 20. The Balaban J connectivity index is 2.57. The normalized spacial score (nSPS) is 25.6. The molecule has 2 unspecified atom stereocenters. The van der Waals surface area contributed by atoms with Crippen LogP contribution in [0.3, 0.4) is 0 Å². The van der Waals surface area contributed by atoms with Gasteiger partial charge in [-0.25, -0.2) is 21.7 Å². The SMILES string of the molecule is C[C@@H](O)[C@@H]1NC(=O)[C@H](CO)NN[C@@H](CCCCN)C(=O)N[C@@H](CO)C(=O)C(=O)[C@H](Cc2ccccc2)NNC(CCC(N)=O)C(=O)NCCCCCC(=O)NC(CO)C(=O)C(=O)[C@H](CCC(=O)O)NC1=O. The fraction of sp³-hybridized carbons (Fsp3) is 0.614. The van der Waals surface area contributed by atoms with Crippen LogP contribution in [0, 0.1) is 0 Å². The van der Waals surface area contributed by atoms with E-state index in [1.54, 1.807) is 30.3 Å². The second-order valence-corrected chi connectivity index (χ2v) is 16.8. The molecule has 1 aliphatic rings. The van der Waals surface area contributed by atoms with Crippen LogP contribution in [-0.4, -0.2) is 177 Å². The summed E-state index contributed by atoms with van der Waals surface area (Å²) in [5, 5.41) is 61.9. The molecule has 1 aromatic rings. The van der Waals surface area contributed by atoms with Gasteiger partial charge in [-0.15, -0.1) is 0 Å². The van der Waals surface area contributed by atoms with E-state index >= 15 is 0 Å². The molecule has 6 amide bonds. The first-order valence-corrected chi connectivity index (χ1v) is 23.2. The molecule has 1 aromatic carbocycles. The summed E-state index contributed by atoms with van der Waals surface area (Å²) < 4.78 is 0. The monoisotopic (exact) mass is 1010 g/mol. The van der Waals surface area contributed by atoms with Gasteiger partial charge in [0.2, 0.25) is 58.6 Å². The maximum absolute atomic E-state index is 14.0. The third kappa shape index (κ3) is 21.8. The van der Waals surface area contributed by atoms with E-state index in [0.29, 0.717) is 24.8 Å². The molecule has 18 N–H and O–H groups in total. The van der Waals surface area contributed by atoms with Crippen LogP contribution in [0.2, 0.25) is 0 Å². The topological polar surface area (TPSA) is 449 Å². The largest absolute Gasteiger partial charge is 0.481 e. The predicted molar refractivity (Wildman–Crippen MR) is 248 cm³/mol. The number of aliphatic hydroxyl groups is 4. The van der Waals surface area contributed by atoms with Crippen LogP contribution in [0.15, 0.2) is 30.3 Å². The van der Waals surface area contributed by atoms with Crippen molar-refractivity contribution < 1.29 is 78.3 Å². The molecule has 0 aromatic heterocycles. The lowest BCUT2D eigenvalue weighted by atomic mass is 9.97. The maximum atomic E-state index is 14.0. The van der Waals surface area contributed by atoms with Crippen molar-refractivity contribution in [2.75, 3.05) is 32.9 Å². The number of nitrogens with two attached hydrogens (primary N) is 2. The van der Waals surface area contributed by atoms with E-state index in [-0.39, 0.29) is 58.0 Å². The Morgan fingerprint density at radius 3 is 1.70 bits per heavy atom. The van der Waals surface area contributed by atoms with Crippen LogP contribution in [0.25, 0.3) is 0 Å². The summed E-state index contributed by atoms with van der Waals surface area (Å²) in [7, 11) is 0. The minimum atomic E-state index is -1.92. The zero-order valence-corrected chi connectivity index (χ0v) is 39.5. The van der Waals surface area contributed by atoms with Gasteiger partial charge in [-0.05, 0) is 64.0 Å². The number of carboxylic acids is 1. The number of hydrogen-bond donors (Lipinski definition) is 16. The van der Waals surface area contributed by atoms with Gasteiger partial charge in [0.05, 0.1) is 44.1 Å². The third-order valence-corrected chi connectivity index (χ3v) is 11.1. The number of ketones is 4. The Morgan fingerprint density at radius 2 is 1.13 bits per heavy atom. The van der Waals surface area contributed by atoms with Crippen molar-refractivity contribution in [3.63, 3.8) is 0 Å². The summed E-state index contributed by atoms with van der Waals surface area (Å²) in [6, 6.07) is -4.83. The molecule has 0 spiro atoms. The first-order chi connectivity index (χ1) is 33.8. The minimum Gasteiger partial charge on any atom is -0.481 e. The zero-order chi connectivity index (χ0) is 53.0. The summed E-state index contributed by atoms with van der Waals surface area (Å²) in [6.45, 7) is -1.86. The number of aliphatic carboxylic acids is 1. The average Bonchev–Trinajstić information content (AvgIpc) is 3.34. The number of nitrogens with one attached hydrogen (secondary N) is 9. The van der Waals surface area contributed by atoms with Gasteiger partial charge in [-0.3, -0.25) is 52.7 Å². The van der Waals surface area contributed by atoms with Crippen LogP contribution >= 0.6 is 0 Å². The Hall–Kier alpha value is -6.17. The quantitative estimate of drug-likeness (QED) is 0.0541. The first-order valence-electron chi connectivity index (χ1n) is 23.2. The highest BCUT2D eigenvalue weighted by Gasteiger charge is 2.38. The van der Waals surface area contributed by atoms with Crippen molar-refractivity contribution in [3.8, 4) is 0 Å². The number of benzene rings is 1. The molecule has 71 heavy (non-hydrogen) atoms. The number of rotatable bonds is 16. The van der Waals surface area contributed by atoms with Gasteiger partial charge < -0.3 is 63.6 Å². The fourth-order valence-electron chi connectivity index (χ4n) is 6.97. The molecule has 9 atom stereocenters. The summed E-state index contributed by atoms with van der Waals surface area (Å²) in [4.78, 5) is 145. The highest BCUT2D eigenvalue weighted by Crippen LogP contribution is 2.10. The number of primary amides is 1. The van der Waals surface area contributed by atoms with Gasteiger partial charge in [0.15, 0.2) is 0 Å². The van der Waals surface area contributed by atoms with Crippen LogP contribution in [0.1, 0.15) is 83.1 Å². The van der Waals surface area contributed by atoms with Crippen molar-refractivity contribution in [2.24, 2.45) is 11.5 Å². The molecule has 1 saturated heterocycles. The van der Waals surface area contributed by atoms with E-state index in [4.69, 9.17) is 11.5 Å². The summed E-state index contributed by atoms with van der Waals surface area (Å²) in [6.07, 6.45) is -2.59. The van der Waals surface area contributed by atoms with E-state index < -0.39 is 152 Å². The van der Waals surface area contributed by atoms with Crippen molar-refractivity contribution >= 4 is 64.5 Å². The number of unbranched alkanes of at least 4 members (excludes halogenated alkanes) is 1. The molecular formula is C44H69N11O16. The Kier molecular flexibility index (Phi) is 28.0. The fourth-order valence-corrected chi connectivity index (χ4v) is 6.97. The van der Waals surface area contributed by atoms with Crippen LogP contribution in [0.4, 0.5) is 0 Å². The summed E-state index contributed by atoms with van der Waals surface area (Å²) in [5.41, 5.74) is 22.0. The average molecular weight is 1010 g/mol. The Bertz CT molecular complexity index is 1980. The molecule has 27 heteroatoms. The number of Topliss-reactive ketones (excluding diaryl/α,β-unsaturated/α-hetero) is 4. The van der Waals surface area contributed by atoms with Gasteiger partial charge in [0, 0.05) is 25.8 Å². The second-order valence-electron chi connectivity index (χ2n) is 16.8. The van der Waals surface area contributed by atoms with E-state index in [1.807, 2.05) is 0 Å². The molecule has 1 aliphatic heterocycles. The number of carbonyl (C=O) groups is 11. The van der Waals surface area contributed by atoms with E-state index in [2.05, 4.69) is 48.3 Å². The number of carbonyl (C=O) groups excluding carboxylic acids is 10. The Morgan fingerprint density at radius 1 is 0.606 bits per heavy atom. The zero-order valence-electron chi connectivity index (χ0n) is 39.5. The molecule has 27 nitrogen and oxygen atoms in total. The molecule has 1 fully saturated rings. The van der Waals surface area contributed by atoms with Gasteiger partial charge in [0.25, 0.3) is 0 Å². The van der Waals surface area contributed by atoms with Gasteiger partial charge in [-0.1, -0.05) is 43.2 Å². The number of amides is 6. The molecule has 396 valence electrons. The molecular weight excluding hydrogens is 939 g/mol. The standard InChI is InChI=1S/C44H69N11O16/c1-24(59)36-44(71)49-26(15-17-35(62)63)37(64)39(66)30(21-56)48-34(61)13-6-3-9-19-47-41(68)28(14-16-33(46)60)53-54-29(20-25-10-4-2-5-11-25)38(65)40(67)31(22-57)50-42(69)27(12-7-8-18-45)52-55-32(23-58)43(70)51-36/h2,4-5,10-11,24,26-32,36,52-59H,3,6-9,12-23,45H2,1H3,(H2,46,60)(H,47,68)(H,48,61)(H,49,71)(H,50,69)(H,51,70)(H,62,63)/t24-,26+,27+,28?,29+,30?,31+,32+,36+/m1/s1. The predicted octanol–water partition coefficient (Wildman–Crippen LogP) is -6.59. The minimum absolute atomic E-state index is 0.0447. The molecule has 2 rings (SSSR count).